The number of β-amino-alcohol motifs (C(OH)–C–C–N with tert-alkyl or cyclic N) is 1. The van der Waals surface area contributed by atoms with Crippen molar-refractivity contribution >= 4 is 5.91 Å². The van der Waals surface area contributed by atoms with Crippen molar-refractivity contribution in [2.24, 2.45) is 0 Å². The van der Waals surface area contributed by atoms with Gasteiger partial charge in [0.1, 0.15) is 12.4 Å². The Labute approximate surface area is 154 Å². The number of aliphatic hydroxyl groups is 1. The van der Waals surface area contributed by atoms with Crippen molar-refractivity contribution in [3.05, 3.63) is 47.4 Å². The first-order valence-corrected chi connectivity index (χ1v) is 8.73. The summed E-state index contributed by atoms with van der Waals surface area (Å²) in [5.74, 6) is -1.80. The van der Waals surface area contributed by atoms with E-state index in [1.165, 1.54) is 12.1 Å². The predicted octanol–water partition coefficient (Wildman–Crippen LogP) is 1.72. The summed E-state index contributed by atoms with van der Waals surface area (Å²) in [6.45, 7) is 2.43. The third-order valence-electron chi connectivity index (χ3n) is 4.25. The molecule has 1 aromatic heterocycles. The number of piperidine rings is 1. The lowest BCUT2D eigenvalue weighted by Gasteiger charge is -2.29. The lowest BCUT2D eigenvalue weighted by Crippen LogP contribution is -2.42. The maximum Gasteiger partial charge on any atom is 0.273 e. The van der Waals surface area contributed by atoms with Gasteiger partial charge in [-0.25, -0.2) is 8.78 Å². The van der Waals surface area contributed by atoms with E-state index >= 15 is 0 Å². The minimum absolute atomic E-state index is 0.0897. The van der Waals surface area contributed by atoms with E-state index in [1.807, 2.05) is 0 Å². The molecule has 7 nitrogen and oxygen atoms in total. The molecule has 1 unspecified atom stereocenters. The number of halogens is 2. The van der Waals surface area contributed by atoms with E-state index in [0.29, 0.717) is 19.6 Å². The normalized spacial score (nSPS) is 17.7. The second kappa shape index (κ2) is 8.92. The Hall–Kier alpha value is -2.52. The average molecular weight is 381 g/mol. The van der Waals surface area contributed by atoms with E-state index in [2.05, 4.69) is 15.4 Å². The van der Waals surface area contributed by atoms with Crippen LogP contribution in [0, 0.1) is 11.6 Å². The van der Waals surface area contributed by atoms with Crippen molar-refractivity contribution < 1.29 is 27.9 Å². The van der Waals surface area contributed by atoms with Gasteiger partial charge in [-0.1, -0.05) is 5.16 Å². The van der Waals surface area contributed by atoms with Crippen LogP contribution in [-0.2, 0) is 6.61 Å². The molecule has 27 heavy (non-hydrogen) atoms. The molecule has 0 saturated carbocycles. The highest BCUT2D eigenvalue weighted by molar-refractivity contribution is 5.92. The number of aliphatic hydroxyl groups excluding tert-OH is 1. The van der Waals surface area contributed by atoms with Crippen molar-refractivity contribution in [1.29, 1.82) is 0 Å². The van der Waals surface area contributed by atoms with Crippen molar-refractivity contribution in [2.45, 2.75) is 25.6 Å². The number of benzene rings is 1. The van der Waals surface area contributed by atoms with Crippen molar-refractivity contribution in [3.8, 4) is 5.75 Å². The number of hydrogen-bond donors (Lipinski definition) is 2. The molecule has 0 radical (unpaired) electrons. The minimum Gasteiger partial charge on any atom is -0.482 e. The van der Waals surface area contributed by atoms with Gasteiger partial charge in [-0.15, -0.1) is 0 Å². The van der Waals surface area contributed by atoms with Crippen molar-refractivity contribution in [1.82, 2.24) is 15.4 Å². The van der Waals surface area contributed by atoms with Gasteiger partial charge in [-0.2, -0.15) is 0 Å². The summed E-state index contributed by atoms with van der Waals surface area (Å²) in [5, 5.41) is 16.0. The number of carbonyl (C=O) groups excluding carboxylic acids is 1. The predicted molar refractivity (Wildman–Crippen MR) is 91.2 cm³/mol. The number of amides is 1. The van der Waals surface area contributed by atoms with Crippen LogP contribution in [0.1, 0.15) is 29.1 Å². The number of rotatable bonds is 7. The molecular formula is C18H21F2N3O4. The Morgan fingerprint density at radius 1 is 1.41 bits per heavy atom. The number of ether oxygens (including phenoxy) is 1. The molecule has 0 bridgehead atoms. The Balaban J connectivity index is 1.44. The first-order valence-electron chi connectivity index (χ1n) is 8.73. The molecule has 1 aliphatic rings. The van der Waals surface area contributed by atoms with Crippen LogP contribution in [0.4, 0.5) is 8.78 Å². The highest BCUT2D eigenvalue weighted by Crippen LogP contribution is 2.19. The van der Waals surface area contributed by atoms with Crippen LogP contribution in [0.25, 0.3) is 0 Å². The maximum absolute atomic E-state index is 13.5. The van der Waals surface area contributed by atoms with Crippen LogP contribution in [0.2, 0.25) is 0 Å². The molecule has 0 aliphatic carbocycles. The van der Waals surface area contributed by atoms with Gasteiger partial charge < -0.3 is 19.7 Å². The van der Waals surface area contributed by atoms with Crippen molar-refractivity contribution in [3.63, 3.8) is 0 Å². The van der Waals surface area contributed by atoms with E-state index < -0.39 is 17.5 Å². The first-order chi connectivity index (χ1) is 13.0. The summed E-state index contributed by atoms with van der Waals surface area (Å²) in [5.41, 5.74) is 0.0897. The van der Waals surface area contributed by atoms with Gasteiger partial charge in [-0.3, -0.25) is 9.69 Å². The Morgan fingerprint density at radius 3 is 3.04 bits per heavy atom. The molecule has 1 fully saturated rings. The second-order valence-corrected chi connectivity index (χ2v) is 6.39. The molecule has 1 aromatic carbocycles. The smallest absolute Gasteiger partial charge is 0.273 e. The molecule has 0 spiro atoms. The molecule has 2 N–H and O–H groups in total. The molecule has 9 heteroatoms. The highest BCUT2D eigenvalue weighted by atomic mass is 19.1. The van der Waals surface area contributed by atoms with Crippen LogP contribution in [0.3, 0.4) is 0 Å². The van der Waals surface area contributed by atoms with Crippen LogP contribution < -0.4 is 10.1 Å². The van der Waals surface area contributed by atoms with Gasteiger partial charge in [0.2, 0.25) is 0 Å². The summed E-state index contributed by atoms with van der Waals surface area (Å²) in [6, 6.07) is 4.38. The van der Waals surface area contributed by atoms with E-state index in [9.17, 15) is 18.7 Å². The van der Waals surface area contributed by atoms with Gasteiger partial charge in [0.25, 0.3) is 5.91 Å². The summed E-state index contributed by atoms with van der Waals surface area (Å²) in [4.78, 5) is 14.2. The molecule has 1 atom stereocenters. The quantitative estimate of drug-likeness (QED) is 0.759. The molecule has 2 heterocycles. The van der Waals surface area contributed by atoms with Crippen LogP contribution in [0.15, 0.2) is 28.8 Å². The lowest BCUT2D eigenvalue weighted by molar-refractivity contribution is 0.0702. The monoisotopic (exact) mass is 381 g/mol. The summed E-state index contributed by atoms with van der Waals surface area (Å²) >= 11 is 0. The van der Waals surface area contributed by atoms with Gasteiger partial charge in [-0.05, 0) is 31.5 Å². The van der Waals surface area contributed by atoms with Gasteiger partial charge >= 0.3 is 0 Å². The van der Waals surface area contributed by atoms with Crippen LogP contribution in [0.5, 0.6) is 5.75 Å². The Morgan fingerprint density at radius 2 is 2.26 bits per heavy atom. The Kier molecular flexibility index (Phi) is 6.36. The lowest BCUT2D eigenvalue weighted by atomic mass is 10.1. The molecule has 146 valence electrons. The van der Waals surface area contributed by atoms with Crippen LogP contribution >= 0.6 is 0 Å². The number of likely N-dealkylation sites (tertiary alicyclic amines) is 1. The molecule has 1 saturated heterocycles. The summed E-state index contributed by atoms with van der Waals surface area (Å²) in [7, 11) is 0. The number of carbonyl (C=O) groups is 1. The molecular weight excluding hydrogens is 360 g/mol. The van der Waals surface area contributed by atoms with Crippen LogP contribution in [-0.4, -0.2) is 53.4 Å². The maximum atomic E-state index is 13.5. The third-order valence-corrected chi connectivity index (χ3v) is 4.25. The first kappa shape index (κ1) is 19.2. The molecule has 2 aromatic rings. The van der Waals surface area contributed by atoms with Crippen molar-refractivity contribution in [2.75, 3.05) is 26.2 Å². The molecule has 3 rings (SSSR count). The van der Waals surface area contributed by atoms with E-state index in [0.717, 1.165) is 31.5 Å². The van der Waals surface area contributed by atoms with Gasteiger partial charge in [0, 0.05) is 31.8 Å². The van der Waals surface area contributed by atoms with E-state index in [1.54, 1.807) is 0 Å². The number of hydrogen-bond acceptors (Lipinski definition) is 6. The zero-order valence-electron chi connectivity index (χ0n) is 14.7. The van der Waals surface area contributed by atoms with Gasteiger partial charge in [0.05, 0.1) is 6.10 Å². The number of nitrogens with one attached hydrogen (secondary N) is 1. The topological polar surface area (TPSA) is 87.8 Å². The fraction of sp³-hybridized carbons (Fsp3) is 0.444. The number of aromatic nitrogens is 1. The minimum atomic E-state index is -0.824. The summed E-state index contributed by atoms with van der Waals surface area (Å²) in [6.07, 6.45) is 1.45. The zero-order chi connectivity index (χ0) is 19.2. The Bertz CT molecular complexity index is 784. The standard InChI is InChI=1S/C18H21F2N3O4/c19-12-3-4-17(15(20)8-12)26-11-14-9-16(22-27-14)18(25)21-5-7-23-6-1-2-13(24)10-23/h3-4,8-9,13,24H,1-2,5-7,10-11H2,(H,21,25). The fourth-order valence-electron chi connectivity index (χ4n) is 2.88. The number of nitrogens with zero attached hydrogens (tertiary/aromatic N) is 2. The molecule has 1 amide bonds. The van der Waals surface area contributed by atoms with E-state index in [4.69, 9.17) is 9.26 Å². The molecule has 1 aliphatic heterocycles. The average Bonchev–Trinajstić information content (AvgIpc) is 3.10. The zero-order valence-corrected chi connectivity index (χ0v) is 14.7. The highest BCUT2D eigenvalue weighted by Gasteiger charge is 2.18. The van der Waals surface area contributed by atoms with Gasteiger partial charge in [0.15, 0.2) is 23.0 Å². The summed E-state index contributed by atoms with van der Waals surface area (Å²) < 4.78 is 36.6. The van der Waals surface area contributed by atoms with E-state index in [-0.39, 0.29) is 29.9 Å². The third kappa shape index (κ3) is 5.48. The fourth-order valence-corrected chi connectivity index (χ4v) is 2.88. The largest absolute Gasteiger partial charge is 0.482 e. The second-order valence-electron chi connectivity index (χ2n) is 6.39. The SMILES string of the molecule is O=C(NCCN1CCCC(O)C1)c1cc(COc2ccc(F)cc2F)on1.